The summed E-state index contributed by atoms with van der Waals surface area (Å²) in [5, 5.41) is 9.30. The van der Waals surface area contributed by atoms with Crippen molar-refractivity contribution in [1.29, 1.82) is 0 Å². The van der Waals surface area contributed by atoms with Gasteiger partial charge in [0.2, 0.25) is 0 Å². The molecular formula is C17H16N2O2S2. The third-order valence-electron chi connectivity index (χ3n) is 3.26. The number of aromatic nitrogens is 2. The Morgan fingerprint density at radius 1 is 1.00 bits per heavy atom. The molecule has 0 fully saturated rings. The Morgan fingerprint density at radius 3 is 2.43 bits per heavy atom. The van der Waals surface area contributed by atoms with Gasteiger partial charge in [-0.3, -0.25) is 0 Å². The molecule has 2 aromatic carbocycles. The maximum Gasteiger partial charge on any atom is 0.121 e. The van der Waals surface area contributed by atoms with E-state index in [2.05, 4.69) is 9.97 Å². The van der Waals surface area contributed by atoms with Crippen molar-refractivity contribution in [2.75, 3.05) is 6.61 Å². The molecular weight excluding hydrogens is 328 g/mol. The summed E-state index contributed by atoms with van der Waals surface area (Å²) in [5.74, 6) is 1.22. The van der Waals surface area contributed by atoms with Crippen molar-refractivity contribution in [3.63, 3.8) is 0 Å². The number of fused-ring (bicyclic) bond motifs is 2. The van der Waals surface area contributed by atoms with E-state index in [1.807, 2.05) is 43.6 Å². The van der Waals surface area contributed by atoms with E-state index < -0.39 is 0 Å². The van der Waals surface area contributed by atoms with Crippen LogP contribution in [0.4, 0.5) is 0 Å². The fourth-order valence-electron chi connectivity index (χ4n) is 2.09. The van der Waals surface area contributed by atoms with E-state index in [9.17, 15) is 5.11 Å². The fourth-order valence-corrected chi connectivity index (χ4v) is 3.50. The molecule has 0 amide bonds. The number of benzene rings is 2. The molecule has 0 saturated carbocycles. The first-order chi connectivity index (χ1) is 11.2. The zero-order valence-corrected chi connectivity index (χ0v) is 14.4. The lowest BCUT2D eigenvalue weighted by Crippen LogP contribution is -1.90. The van der Waals surface area contributed by atoms with Crippen molar-refractivity contribution in [3.8, 4) is 11.5 Å². The topological polar surface area (TPSA) is 55.2 Å². The molecule has 2 aromatic heterocycles. The van der Waals surface area contributed by atoms with Crippen molar-refractivity contribution in [3.05, 3.63) is 46.9 Å². The molecule has 4 nitrogen and oxygen atoms in total. The highest BCUT2D eigenvalue weighted by Gasteiger charge is 2.00. The Balaban J connectivity index is 0.000000136. The smallest absolute Gasteiger partial charge is 0.121 e. The van der Waals surface area contributed by atoms with E-state index in [1.54, 1.807) is 34.3 Å². The summed E-state index contributed by atoms with van der Waals surface area (Å²) in [6.07, 6.45) is 0. The molecule has 4 rings (SSSR count). The minimum atomic E-state index is 0.323. The molecule has 23 heavy (non-hydrogen) atoms. The lowest BCUT2D eigenvalue weighted by molar-refractivity contribution is 0.340. The molecule has 2 heterocycles. The summed E-state index contributed by atoms with van der Waals surface area (Å²) < 4.78 is 7.68. The van der Waals surface area contributed by atoms with Gasteiger partial charge in [-0.15, -0.1) is 22.7 Å². The lowest BCUT2D eigenvalue weighted by atomic mass is 10.2. The number of rotatable bonds is 2. The number of ether oxygens (including phenoxy) is 1. The molecule has 0 spiro atoms. The standard InChI is InChI=1S/C9H9NOS.C8H7NOS/c1-2-11-7-3-4-9-8(5-7)10-6-12-9;1-5-2-8-6(3-7(5)10)9-4-11-8/h3-6H,2H2,1H3;2-4,10H,1H3. The first-order valence-corrected chi connectivity index (χ1v) is 8.92. The molecule has 0 saturated heterocycles. The molecule has 0 bridgehead atoms. The van der Waals surface area contributed by atoms with Crippen LogP contribution in [0.2, 0.25) is 0 Å². The summed E-state index contributed by atoms with van der Waals surface area (Å²) in [4.78, 5) is 8.28. The van der Waals surface area contributed by atoms with Crippen LogP contribution in [-0.4, -0.2) is 21.7 Å². The Morgan fingerprint density at radius 2 is 1.70 bits per heavy atom. The van der Waals surface area contributed by atoms with Gasteiger partial charge >= 0.3 is 0 Å². The monoisotopic (exact) mass is 344 g/mol. The van der Waals surface area contributed by atoms with Crippen LogP contribution in [0, 0.1) is 6.92 Å². The Kier molecular flexibility index (Phi) is 4.73. The lowest BCUT2D eigenvalue weighted by Gasteiger charge is -2.00. The van der Waals surface area contributed by atoms with Crippen molar-refractivity contribution >= 4 is 43.1 Å². The third-order valence-corrected chi connectivity index (χ3v) is 4.86. The molecule has 0 radical (unpaired) electrons. The Hall–Kier alpha value is -2.18. The van der Waals surface area contributed by atoms with Crippen LogP contribution in [-0.2, 0) is 0 Å². The van der Waals surface area contributed by atoms with Crippen molar-refractivity contribution < 1.29 is 9.84 Å². The zero-order valence-electron chi connectivity index (χ0n) is 12.8. The molecule has 4 aromatic rings. The average Bonchev–Trinajstić information content (AvgIpc) is 3.17. The van der Waals surface area contributed by atoms with E-state index in [0.29, 0.717) is 12.4 Å². The summed E-state index contributed by atoms with van der Waals surface area (Å²) in [7, 11) is 0. The van der Waals surface area contributed by atoms with Crippen LogP contribution in [0.1, 0.15) is 12.5 Å². The number of aromatic hydroxyl groups is 1. The van der Waals surface area contributed by atoms with Gasteiger partial charge in [0.15, 0.2) is 0 Å². The number of phenols is 1. The third kappa shape index (κ3) is 3.60. The number of aryl methyl sites for hydroxylation is 1. The molecule has 6 heteroatoms. The number of hydrogen-bond acceptors (Lipinski definition) is 6. The van der Waals surface area contributed by atoms with Gasteiger partial charge in [-0.25, -0.2) is 9.97 Å². The van der Waals surface area contributed by atoms with Crippen LogP contribution < -0.4 is 4.74 Å². The molecule has 0 aliphatic rings. The molecule has 0 atom stereocenters. The van der Waals surface area contributed by atoms with Crippen LogP contribution >= 0.6 is 22.7 Å². The molecule has 0 aliphatic carbocycles. The van der Waals surface area contributed by atoms with Gasteiger partial charge in [0.1, 0.15) is 11.5 Å². The molecule has 118 valence electrons. The van der Waals surface area contributed by atoms with Crippen molar-refractivity contribution in [2.24, 2.45) is 0 Å². The largest absolute Gasteiger partial charge is 0.508 e. The van der Waals surface area contributed by atoms with Gasteiger partial charge < -0.3 is 9.84 Å². The zero-order chi connectivity index (χ0) is 16.2. The van der Waals surface area contributed by atoms with Crippen LogP contribution in [0.3, 0.4) is 0 Å². The van der Waals surface area contributed by atoms with Gasteiger partial charge in [-0.1, -0.05) is 0 Å². The van der Waals surface area contributed by atoms with Crippen LogP contribution in [0.25, 0.3) is 20.4 Å². The van der Waals surface area contributed by atoms with Crippen molar-refractivity contribution in [2.45, 2.75) is 13.8 Å². The molecule has 0 unspecified atom stereocenters. The second-order valence-corrected chi connectivity index (χ2v) is 6.65. The highest BCUT2D eigenvalue weighted by Crippen LogP contribution is 2.25. The minimum absolute atomic E-state index is 0.323. The Labute approximate surface area is 142 Å². The number of hydrogen-bond donors (Lipinski definition) is 1. The highest BCUT2D eigenvalue weighted by molar-refractivity contribution is 7.17. The minimum Gasteiger partial charge on any atom is -0.508 e. The summed E-state index contributed by atoms with van der Waals surface area (Å²) >= 11 is 3.24. The number of nitrogens with zero attached hydrogens (tertiary/aromatic N) is 2. The van der Waals surface area contributed by atoms with Gasteiger partial charge in [-0.05, 0) is 37.6 Å². The van der Waals surface area contributed by atoms with E-state index >= 15 is 0 Å². The van der Waals surface area contributed by atoms with Crippen molar-refractivity contribution in [1.82, 2.24) is 9.97 Å². The normalized spacial score (nSPS) is 10.5. The maximum absolute atomic E-state index is 9.30. The second-order valence-electron chi connectivity index (χ2n) is 4.87. The molecule has 1 N–H and O–H groups in total. The van der Waals surface area contributed by atoms with Crippen LogP contribution in [0.5, 0.6) is 11.5 Å². The highest BCUT2D eigenvalue weighted by atomic mass is 32.1. The van der Waals surface area contributed by atoms with E-state index in [-0.39, 0.29) is 0 Å². The van der Waals surface area contributed by atoms with Gasteiger partial charge in [0.25, 0.3) is 0 Å². The van der Waals surface area contributed by atoms with Gasteiger partial charge in [0.05, 0.1) is 38.1 Å². The first kappa shape index (κ1) is 15.7. The van der Waals surface area contributed by atoms with Gasteiger partial charge in [-0.2, -0.15) is 0 Å². The number of thiazole rings is 2. The fraction of sp³-hybridized carbons (Fsp3) is 0.176. The SMILES string of the molecule is CCOc1ccc2scnc2c1.Cc1cc2scnc2cc1O. The van der Waals surface area contributed by atoms with E-state index in [4.69, 9.17) is 4.74 Å². The number of phenolic OH excluding ortho intramolecular Hbond substituents is 1. The van der Waals surface area contributed by atoms with E-state index in [1.165, 1.54) is 4.70 Å². The first-order valence-electron chi connectivity index (χ1n) is 7.16. The molecule has 0 aliphatic heterocycles. The second kappa shape index (κ2) is 6.93. The average molecular weight is 344 g/mol. The predicted octanol–water partition coefficient (Wildman–Crippen LogP) is 5.01. The Bertz CT molecular complexity index is 895. The van der Waals surface area contributed by atoms with E-state index in [0.717, 1.165) is 27.0 Å². The summed E-state index contributed by atoms with van der Waals surface area (Å²) in [6.45, 7) is 4.56. The summed E-state index contributed by atoms with van der Waals surface area (Å²) in [5.41, 5.74) is 6.43. The quantitative estimate of drug-likeness (QED) is 0.555. The maximum atomic E-state index is 9.30. The van der Waals surface area contributed by atoms with Crippen LogP contribution in [0.15, 0.2) is 41.4 Å². The summed E-state index contributed by atoms with van der Waals surface area (Å²) in [6, 6.07) is 9.63. The predicted molar refractivity (Wildman–Crippen MR) is 96.8 cm³/mol. The van der Waals surface area contributed by atoms with Gasteiger partial charge in [0, 0.05) is 12.1 Å².